The topological polar surface area (TPSA) is 20.3 Å². The van der Waals surface area contributed by atoms with E-state index in [2.05, 4.69) is 11.9 Å². The molecule has 22 heavy (non-hydrogen) atoms. The first-order valence-electron chi connectivity index (χ1n) is 7.83. The zero-order valence-corrected chi connectivity index (χ0v) is 12.6. The van der Waals surface area contributed by atoms with E-state index in [1.165, 1.54) is 6.42 Å². The van der Waals surface area contributed by atoms with Crippen molar-refractivity contribution in [1.82, 2.24) is 4.90 Å². The highest BCUT2D eigenvalue weighted by molar-refractivity contribution is 5.83. The average molecular weight is 311 g/mol. The summed E-state index contributed by atoms with van der Waals surface area (Å²) in [6, 6.07) is 2.15. The van der Waals surface area contributed by atoms with Gasteiger partial charge < -0.3 is 4.90 Å². The Morgan fingerprint density at radius 2 is 1.68 bits per heavy atom. The number of benzene rings is 1. The van der Waals surface area contributed by atoms with Crippen LogP contribution in [0.5, 0.6) is 0 Å². The van der Waals surface area contributed by atoms with Gasteiger partial charge in [0.2, 0.25) is 0 Å². The number of hydrogen-bond donors (Lipinski definition) is 0. The lowest BCUT2D eigenvalue weighted by atomic mass is 9.76. The highest BCUT2D eigenvalue weighted by Gasteiger charge is 2.38. The molecule has 0 aliphatic carbocycles. The molecule has 0 spiro atoms. The average Bonchev–Trinajstić information content (AvgIpc) is 2.44. The molecule has 1 aromatic rings. The number of piperidine rings is 2. The number of Topliss-reactive ketones (excluding diaryl/α,β-unsaturated/α-hetero) is 1. The van der Waals surface area contributed by atoms with E-state index in [-0.39, 0.29) is 23.7 Å². The number of carbonyl (C=O) groups excluding carboxylic acids is 1. The lowest BCUT2D eigenvalue weighted by Crippen LogP contribution is -2.51. The molecule has 5 heteroatoms. The normalized spacial score (nSPS) is 28.6. The van der Waals surface area contributed by atoms with Gasteiger partial charge in [-0.2, -0.15) is 0 Å². The van der Waals surface area contributed by atoms with Gasteiger partial charge in [0.25, 0.3) is 0 Å². The number of fused-ring (bicyclic) bond motifs is 2. The highest BCUT2D eigenvalue weighted by atomic mass is 19.2. The molecule has 2 heterocycles. The van der Waals surface area contributed by atoms with Crippen LogP contribution in [-0.4, -0.2) is 29.8 Å². The fraction of sp³-hybridized carbons (Fsp3) is 0.588. The Bertz CT molecular complexity index is 576. The van der Waals surface area contributed by atoms with Gasteiger partial charge in [-0.15, -0.1) is 0 Å². The van der Waals surface area contributed by atoms with E-state index in [4.69, 9.17) is 0 Å². The molecule has 2 fully saturated rings. The van der Waals surface area contributed by atoms with Crippen molar-refractivity contribution in [3.05, 3.63) is 35.1 Å². The smallest absolute Gasteiger partial charge is 0.161 e. The van der Waals surface area contributed by atoms with Crippen LogP contribution in [0.25, 0.3) is 0 Å². The molecule has 2 atom stereocenters. The predicted molar refractivity (Wildman–Crippen MR) is 76.9 cm³/mol. The van der Waals surface area contributed by atoms with Gasteiger partial charge in [0.15, 0.2) is 11.6 Å². The Labute approximate surface area is 128 Å². The first-order valence-corrected chi connectivity index (χ1v) is 7.83. The van der Waals surface area contributed by atoms with E-state index >= 15 is 0 Å². The van der Waals surface area contributed by atoms with Crippen molar-refractivity contribution in [3.8, 4) is 0 Å². The van der Waals surface area contributed by atoms with Crippen LogP contribution < -0.4 is 0 Å². The molecule has 2 nitrogen and oxygen atoms in total. The van der Waals surface area contributed by atoms with Crippen molar-refractivity contribution in [1.29, 1.82) is 0 Å². The molecular weight excluding hydrogens is 291 g/mol. The van der Waals surface area contributed by atoms with Crippen LogP contribution in [0.1, 0.15) is 37.7 Å². The number of nitrogens with zero attached hydrogens (tertiary/aromatic N) is 1. The molecular formula is C17H20F3NO. The maximum absolute atomic E-state index is 13.7. The quantitative estimate of drug-likeness (QED) is 0.797. The van der Waals surface area contributed by atoms with Gasteiger partial charge in [-0.05, 0) is 44.4 Å². The maximum atomic E-state index is 13.7. The van der Waals surface area contributed by atoms with Crippen LogP contribution >= 0.6 is 0 Å². The third-order valence-corrected chi connectivity index (χ3v) is 5.25. The van der Waals surface area contributed by atoms with E-state index in [0.29, 0.717) is 18.2 Å². The standard InChI is InChI=1S/C17H20F3NO/c1-21-12-3-2-4-13(21)6-11(5-12)17(22)8-10-7-15(19)16(20)9-14(10)18/h7,9,11-13H,2-6,8H2,1H3. The molecule has 0 saturated carbocycles. The number of carbonyl (C=O) groups is 1. The van der Waals surface area contributed by atoms with Crippen molar-refractivity contribution in [2.24, 2.45) is 5.92 Å². The molecule has 3 rings (SSSR count). The number of halogens is 3. The zero-order chi connectivity index (χ0) is 15.9. The van der Waals surface area contributed by atoms with Crippen molar-refractivity contribution in [2.45, 2.75) is 50.6 Å². The summed E-state index contributed by atoms with van der Waals surface area (Å²) in [5.41, 5.74) is -0.0482. The zero-order valence-electron chi connectivity index (χ0n) is 12.6. The second-order valence-corrected chi connectivity index (χ2v) is 6.57. The molecule has 2 unspecified atom stereocenters. The molecule has 0 N–H and O–H groups in total. The van der Waals surface area contributed by atoms with Gasteiger partial charge in [0.1, 0.15) is 11.6 Å². The van der Waals surface area contributed by atoms with E-state index in [1.54, 1.807) is 0 Å². The Balaban J connectivity index is 1.71. The maximum Gasteiger partial charge on any atom is 0.161 e. The second-order valence-electron chi connectivity index (χ2n) is 6.57. The Morgan fingerprint density at radius 1 is 1.09 bits per heavy atom. The van der Waals surface area contributed by atoms with E-state index < -0.39 is 17.5 Å². The van der Waals surface area contributed by atoms with E-state index in [0.717, 1.165) is 31.7 Å². The third kappa shape index (κ3) is 2.91. The molecule has 2 saturated heterocycles. The Kier molecular flexibility index (Phi) is 4.26. The summed E-state index contributed by atoms with van der Waals surface area (Å²) < 4.78 is 39.9. The second kappa shape index (κ2) is 6.03. The summed E-state index contributed by atoms with van der Waals surface area (Å²) in [7, 11) is 2.10. The van der Waals surface area contributed by atoms with Crippen LogP contribution in [0.4, 0.5) is 13.2 Å². The number of ketones is 1. The lowest BCUT2D eigenvalue weighted by Gasteiger charge is -2.46. The summed E-state index contributed by atoms with van der Waals surface area (Å²) in [5.74, 6) is -3.33. The first kappa shape index (κ1) is 15.5. The van der Waals surface area contributed by atoms with Gasteiger partial charge >= 0.3 is 0 Å². The summed E-state index contributed by atoms with van der Waals surface area (Å²) in [6.07, 6.45) is 4.80. The Hall–Kier alpha value is -1.36. The van der Waals surface area contributed by atoms with Crippen LogP contribution in [0, 0.1) is 23.4 Å². The van der Waals surface area contributed by atoms with E-state index in [1.807, 2.05) is 0 Å². The van der Waals surface area contributed by atoms with Crippen molar-refractivity contribution < 1.29 is 18.0 Å². The summed E-state index contributed by atoms with van der Waals surface area (Å²) in [4.78, 5) is 14.8. The van der Waals surface area contributed by atoms with Crippen LogP contribution in [0.2, 0.25) is 0 Å². The minimum atomic E-state index is -1.22. The molecule has 120 valence electrons. The van der Waals surface area contributed by atoms with Crippen LogP contribution in [-0.2, 0) is 11.2 Å². The summed E-state index contributed by atoms with van der Waals surface area (Å²) in [5, 5.41) is 0. The molecule has 0 aromatic heterocycles. The SMILES string of the molecule is CN1C2CCCC1CC(C(=O)Cc1cc(F)c(F)cc1F)C2. The van der Waals surface area contributed by atoms with Crippen LogP contribution in [0.3, 0.4) is 0 Å². The fourth-order valence-electron chi connectivity index (χ4n) is 3.91. The largest absolute Gasteiger partial charge is 0.300 e. The first-order chi connectivity index (χ1) is 10.5. The van der Waals surface area contributed by atoms with Crippen molar-refractivity contribution in [2.75, 3.05) is 7.05 Å². The highest BCUT2D eigenvalue weighted by Crippen LogP contribution is 2.36. The summed E-state index contributed by atoms with van der Waals surface area (Å²) >= 11 is 0. The predicted octanol–water partition coefficient (Wildman–Crippen LogP) is 3.48. The lowest BCUT2D eigenvalue weighted by molar-refractivity contribution is -0.126. The van der Waals surface area contributed by atoms with Crippen molar-refractivity contribution in [3.63, 3.8) is 0 Å². The van der Waals surface area contributed by atoms with Gasteiger partial charge in [-0.3, -0.25) is 4.79 Å². The Morgan fingerprint density at radius 3 is 2.32 bits per heavy atom. The number of rotatable bonds is 3. The molecule has 2 aliphatic rings. The summed E-state index contributed by atoms with van der Waals surface area (Å²) in [6.45, 7) is 0. The minimum Gasteiger partial charge on any atom is -0.300 e. The van der Waals surface area contributed by atoms with Crippen LogP contribution in [0.15, 0.2) is 12.1 Å². The fourth-order valence-corrected chi connectivity index (χ4v) is 3.91. The molecule has 2 bridgehead atoms. The molecule has 0 radical (unpaired) electrons. The van der Waals surface area contributed by atoms with Gasteiger partial charge in [-0.1, -0.05) is 6.42 Å². The van der Waals surface area contributed by atoms with Gasteiger partial charge in [-0.25, -0.2) is 13.2 Å². The molecule has 1 aromatic carbocycles. The molecule has 0 amide bonds. The number of hydrogen-bond acceptors (Lipinski definition) is 2. The molecule has 2 aliphatic heterocycles. The minimum absolute atomic E-state index is 0.0482. The van der Waals surface area contributed by atoms with Gasteiger partial charge in [0.05, 0.1) is 0 Å². The monoisotopic (exact) mass is 311 g/mol. The van der Waals surface area contributed by atoms with Gasteiger partial charge in [0, 0.05) is 30.5 Å². The van der Waals surface area contributed by atoms with E-state index in [9.17, 15) is 18.0 Å². The van der Waals surface area contributed by atoms with Crippen molar-refractivity contribution >= 4 is 5.78 Å². The third-order valence-electron chi connectivity index (χ3n) is 5.25.